The van der Waals surface area contributed by atoms with Gasteiger partial charge in [-0.3, -0.25) is 5.41 Å². The Morgan fingerprint density at radius 1 is 1.50 bits per heavy atom. The number of nitrogens with zero attached hydrogens (tertiary/aromatic N) is 1. The normalized spacial score (nSPS) is 11.6. The summed E-state index contributed by atoms with van der Waals surface area (Å²) in [6.45, 7) is 5.64. The average Bonchev–Trinajstić information content (AvgIpc) is 1.65. The number of rotatable bonds is 1. The number of hydrogen-bond acceptors (Lipinski definition) is 1. The molecule has 0 aliphatic carbocycles. The topological polar surface area (TPSA) is 36.2 Å². The molecule has 0 aromatic heterocycles. The van der Waals surface area contributed by atoms with Crippen LogP contribution in [0.25, 0.3) is 0 Å². The monoisotopic (exact) mass is 112 g/mol. The van der Waals surface area contributed by atoms with E-state index >= 15 is 0 Å². The maximum atomic E-state index is 6.94. The van der Waals surface area contributed by atoms with Crippen LogP contribution in [-0.4, -0.2) is 11.5 Å². The summed E-state index contributed by atoms with van der Waals surface area (Å²) in [6, 6.07) is 0. The molecule has 0 unspecified atom stereocenters. The van der Waals surface area contributed by atoms with Crippen LogP contribution in [0.1, 0.15) is 27.2 Å². The second-order valence-electron chi connectivity index (χ2n) is 1.79. The fourth-order valence-corrected chi connectivity index (χ4v) is 0.365. The zero-order valence-electron chi connectivity index (χ0n) is 5.65. The van der Waals surface area contributed by atoms with Crippen LogP contribution in [0.2, 0.25) is 0 Å². The van der Waals surface area contributed by atoms with E-state index in [1.54, 1.807) is 6.92 Å². The Bertz CT molecular complexity index is 114. The summed E-state index contributed by atoms with van der Waals surface area (Å²) in [5.41, 5.74) is 1.03. The highest BCUT2D eigenvalue weighted by atomic mass is 14.8. The summed E-state index contributed by atoms with van der Waals surface area (Å²) in [6.07, 6.45) is 0.941. The fraction of sp³-hybridized carbons (Fsp3) is 0.667. The quantitative estimate of drug-likeness (QED) is 0.397. The van der Waals surface area contributed by atoms with Gasteiger partial charge in [-0.25, -0.2) is 4.99 Å². The van der Waals surface area contributed by atoms with E-state index in [4.69, 9.17) is 5.41 Å². The van der Waals surface area contributed by atoms with E-state index in [-0.39, 0.29) is 0 Å². The molecule has 0 saturated carbocycles. The Morgan fingerprint density at radius 2 is 2.00 bits per heavy atom. The molecule has 0 rings (SSSR count). The smallest absolute Gasteiger partial charge is 0.117 e. The van der Waals surface area contributed by atoms with Gasteiger partial charge < -0.3 is 0 Å². The van der Waals surface area contributed by atoms with Crippen molar-refractivity contribution in [2.75, 3.05) is 0 Å². The van der Waals surface area contributed by atoms with E-state index in [1.165, 1.54) is 0 Å². The van der Waals surface area contributed by atoms with Crippen molar-refractivity contribution in [3.63, 3.8) is 0 Å². The Morgan fingerprint density at radius 3 is 2.12 bits per heavy atom. The van der Waals surface area contributed by atoms with Gasteiger partial charge in [0, 0.05) is 5.71 Å². The second kappa shape index (κ2) is 3.36. The molecule has 46 valence electrons. The molecule has 0 saturated heterocycles. The van der Waals surface area contributed by atoms with E-state index in [2.05, 4.69) is 4.99 Å². The SMILES string of the molecule is CCC(C)=NC(C)=N. The number of aliphatic imine (C=N–C) groups is 1. The van der Waals surface area contributed by atoms with Gasteiger partial charge in [-0.1, -0.05) is 6.92 Å². The molecule has 0 amide bonds. The molecule has 0 fully saturated rings. The molecule has 0 aliphatic heterocycles. The lowest BCUT2D eigenvalue weighted by Gasteiger charge is -1.89. The fourth-order valence-electron chi connectivity index (χ4n) is 0.365. The molecule has 0 bridgehead atoms. The van der Waals surface area contributed by atoms with Crippen LogP contribution in [0.4, 0.5) is 0 Å². The Balaban J connectivity index is 3.75. The van der Waals surface area contributed by atoms with Crippen molar-refractivity contribution in [3.05, 3.63) is 0 Å². The molecule has 0 aromatic carbocycles. The van der Waals surface area contributed by atoms with Crippen LogP contribution in [0, 0.1) is 5.41 Å². The predicted molar refractivity (Wildman–Crippen MR) is 36.8 cm³/mol. The van der Waals surface area contributed by atoms with E-state index in [0.717, 1.165) is 12.1 Å². The zero-order chi connectivity index (χ0) is 6.57. The molecule has 0 heterocycles. The van der Waals surface area contributed by atoms with Gasteiger partial charge in [0.1, 0.15) is 5.84 Å². The minimum absolute atomic E-state index is 0.393. The molecule has 0 radical (unpaired) electrons. The van der Waals surface area contributed by atoms with Crippen molar-refractivity contribution in [2.24, 2.45) is 4.99 Å². The van der Waals surface area contributed by atoms with Crippen molar-refractivity contribution in [1.82, 2.24) is 0 Å². The first kappa shape index (κ1) is 7.34. The Kier molecular flexibility index (Phi) is 3.08. The van der Waals surface area contributed by atoms with E-state index in [0.29, 0.717) is 5.84 Å². The van der Waals surface area contributed by atoms with Crippen LogP contribution in [0.5, 0.6) is 0 Å². The van der Waals surface area contributed by atoms with Crippen molar-refractivity contribution in [2.45, 2.75) is 27.2 Å². The van der Waals surface area contributed by atoms with Gasteiger partial charge in [0.25, 0.3) is 0 Å². The molecule has 0 aromatic rings. The molecule has 0 spiro atoms. The summed E-state index contributed by atoms with van der Waals surface area (Å²) in [5.74, 6) is 0.393. The largest absolute Gasteiger partial charge is 0.287 e. The van der Waals surface area contributed by atoms with Gasteiger partial charge >= 0.3 is 0 Å². The predicted octanol–water partition coefficient (Wildman–Crippen LogP) is 1.85. The molecule has 1 N–H and O–H groups in total. The molecule has 2 heteroatoms. The number of nitrogens with one attached hydrogen (secondary N) is 1. The van der Waals surface area contributed by atoms with Gasteiger partial charge in [-0.2, -0.15) is 0 Å². The van der Waals surface area contributed by atoms with Crippen LogP contribution in [-0.2, 0) is 0 Å². The molecular formula is C6H12N2. The Labute approximate surface area is 50.1 Å². The summed E-state index contributed by atoms with van der Waals surface area (Å²) in [7, 11) is 0. The Hall–Kier alpha value is -0.660. The maximum Gasteiger partial charge on any atom is 0.117 e. The molecular weight excluding hydrogens is 100 g/mol. The molecule has 8 heavy (non-hydrogen) atoms. The highest BCUT2D eigenvalue weighted by molar-refractivity contribution is 5.94. The summed E-state index contributed by atoms with van der Waals surface area (Å²) in [5, 5.41) is 6.94. The number of amidine groups is 1. The first-order valence-corrected chi connectivity index (χ1v) is 2.76. The van der Waals surface area contributed by atoms with Crippen molar-refractivity contribution in [3.8, 4) is 0 Å². The third kappa shape index (κ3) is 3.53. The van der Waals surface area contributed by atoms with E-state index in [1.807, 2.05) is 13.8 Å². The third-order valence-electron chi connectivity index (χ3n) is 0.870. The highest BCUT2D eigenvalue weighted by Crippen LogP contribution is 1.83. The van der Waals surface area contributed by atoms with Gasteiger partial charge in [-0.05, 0) is 20.3 Å². The van der Waals surface area contributed by atoms with Crippen molar-refractivity contribution in [1.29, 1.82) is 5.41 Å². The first-order chi connectivity index (χ1) is 3.66. The third-order valence-corrected chi connectivity index (χ3v) is 0.870. The van der Waals surface area contributed by atoms with Gasteiger partial charge in [0.15, 0.2) is 0 Å². The van der Waals surface area contributed by atoms with Crippen molar-refractivity contribution < 1.29 is 0 Å². The van der Waals surface area contributed by atoms with E-state index in [9.17, 15) is 0 Å². The lowest BCUT2D eigenvalue weighted by Crippen LogP contribution is -1.91. The van der Waals surface area contributed by atoms with Gasteiger partial charge in [0.05, 0.1) is 0 Å². The maximum absolute atomic E-state index is 6.94. The molecule has 0 atom stereocenters. The van der Waals surface area contributed by atoms with Gasteiger partial charge in [0.2, 0.25) is 0 Å². The molecule has 2 nitrogen and oxygen atoms in total. The van der Waals surface area contributed by atoms with Crippen molar-refractivity contribution >= 4 is 11.5 Å². The lowest BCUT2D eigenvalue weighted by atomic mass is 10.3. The van der Waals surface area contributed by atoms with Gasteiger partial charge in [-0.15, -0.1) is 0 Å². The first-order valence-electron chi connectivity index (χ1n) is 2.76. The minimum atomic E-state index is 0.393. The van der Waals surface area contributed by atoms with Crippen LogP contribution >= 0.6 is 0 Å². The van der Waals surface area contributed by atoms with E-state index < -0.39 is 0 Å². The minimum Gasteiger partial charge on any atom is -0.287 e. The summed E-state index contributed by atoms with van der Waals surface area (Å²) >= 11 is 0. The van der Waals surface area contributed by atoms with Crippen LogP contribution < -0.4 is 0 Å². The van der Waals surface area contributed by atoms with Crippen LogP contribution in [0.3, 0.4) is 0 Å². The second-order valence-corrected chi connectivity index (χ2v) is 1.79. The standard InChI is InChI=1S/C6H12N2/c1-4-5(2)8-6(3)7/h7H,4H2,1-3H3. The summed E-state index contributed by atoms with van der Waals surface area (Å²) in [4.78, 5) is 3.90. The summed E-state index contributed by atoms with van der Waals surface area (Å²) < 4.78 is 0. The lowest BCUT2D eigenvalue weighted by molar-refractivity contribution is 1.25. The highest BCUT2D eigenvalue weighted by Gasteiger charge is 1.83. The average molecular weight is 112 g/mol. The number of hydrogen-bond donors (Lipinski definition) is 1. The molecule has 0 aliphatic rings. The van der Waals surface area contributed by atoms with Crippen LogP contribution in [0.15, 0.2) is 4.99 Å². The zero-order valence-corrected chi connectivity index (χ0v) is 5.65.